The van der Waals surface area contributed by atoms with Gasteiger partial charge in [-0.05, 0) is 34.5 Å². The largest absolute Gasteiger partial charge is 0.393 e. The summed E-state index contributed by atoms with van der Waals surface area (Å²) >= 11 is 0. The minimum atomic E-state index is -0.102. The van der Waals surface area contributed by atoms with Crippen molar-refractivity contribution in [1.82, 2.24) is 5.32 Å². The van der Waals surface area contributed by atoms with Crippen LogP contribution in [0.3, 0.4) is 0 Å². The average Bonchev–Trinajstić information content (AvgIpc) is 1.93. The molecule has 1 atom stereocenters. The second-order valence-electron chi connectivity index (χ2n) is 2.14. The molecular formula is C8H24N2O. The molecule has 0 aromatic rings. The van der Waals surface area contributed by atoms with Crippen molar-refractivity contribution in [1.29, 1.82) is 0 Å². The molecule has 4 N–H and O–H groups in total. The van der Waals surface area contributed by atoms with E-state index < -0.39 is 0 Å². The topological polar surface area (TPSA) is 58.3 Å². The SMILES string of the molecule is CCCC(C)O.CN.CNC. The molecule has 0 fully saturated rings. The predicted molar refractivity (Wildman–Crippen MR) is 51.7 cm³/mol. The lowest BCUT2D eigenvalue weighted by Gasteiger charge is -1.95. The first-order valence-corrected chi connectivity index (χ1v) is 4.03. The monoisotopic (exact) mass is 164 g/mol. The van der Waals surface area contributed by atoms with Crippen molar-refractivity contribution in [2.45, 2.75) is 32.8 Å². The highest BCUT2D eigenvalue weighted by atomic mass is 16.3. The van der Waals surface area contributed by atoms with Gasteiger partial charge in [0.2, 0.25) is 0 Å². The van der Waals surface area contributed by atoms with Crippen molar-refractivity contribution in [2.24, 2.45) is 5.73 Å². The minimum absolute atomic E-state index is 0.102. The molecule has 0 aromatic carbocycles. The van der Waals surface area contributed by atoms with Crippen LogP contribution in [0.1, 0.15) is 26.7 Å². The molecule has 3 nitrogen and oxygen atoms in total. The molecule has 0 aliphatic rings. The summed E-state index contributed by atoms with van der Waals surface area (Å²) in [5, 5.41) is 11.3. The fourth-order valence-electron chi connectivity index (χ4n) is 0.418. The molecule has 0 radical (unpaired) electrons. The van der Waals surface area contributed by atoms with Crippen molar-refractivity contribution < 1.29 is 5.11 Å². The van der Waals surface area contributed by atoms with Gasteiger partial charge < -0.3 is 16.2 Å². The van der Waals surface area contributed by atoms with Gasteiger partial charge in [-0.25, -0.2) is 0 Å². The van der Waals surface area contributed by atoms with E-state index in [1.807, 2.05) is 21.0 Å². The molecule has 0 heterocycles. The molecule has 0 aliphatic heterocycles. The molecule has 11 heavy (non-hydrogen) atoms. The van der Waals surface area contributed by atoms with Gasteiger partial charge in [0.1, 0.15) is 0 Å². The van der Waals surface area contributed by atoms with Crippen LogP contribution in [0.2, 0.25) is 0 Å². The second-order valence-corrected chi connectivity index (χ2v) is 2.14. The number of aliphatic hydroxyl groups excluding tert-OH is 1. The van der Waals surface area contributed by atoms with Gasteiger partial charge in [-0.2, -0.15) is 0 Å². The summed E-state index contributed by atoms with van der Waals surface area (Å²) < 4.78 is 0. The Morgan fingerprint density at radius 3 is 1.64 bits per heavy atom. The standard InChI is InChI=1S/C5H12O.C2H7N.CH5N/c1-3-4-5(2)6;1-3-2;1-2/h5-6H,3-4H2,1-2H3;3H,1-2H3;2H2,1H3. The summed E-state index contributed by atoms with van der Waals surface area (Å²) in [5.74, 6) is 0. The number of hydrogen-bond acceptors (Lipinski definition) is 3. The fraction of sp³-hybridized carbons (Fsp3) is 1.00. The zero-order valence-electron chi connectivity index (χ0n) is 8.52. The highest BCUT2D eigenvalue weighted by Crippen LogP contribution is 1.91. The van der Waals surface area contributed by atoms with Crippen LogP contribution < -0.4 is 11.1 Å². The molecule has 0 rings (SSSR count). The number of nitrogens with two attached hydrogens (primary N) is 1. The van der Waals surface area contributed by atoms with E-state index in [2.05, 4.69) is 18.0 Å². The lowest BCUT2D eigenvalue weighted by Crippen LogP contribution is -1.95. The number of aliphatic hydroxyl groups is 1. The average molecular weight is 164 g/mol. The van der Waals surface area contributed by atoms with E-state index in [1.54, 1.807) is 0 Å². The quantitative estimate of drug-likeness (QED) is 0.559. The predicted octanol–water partition coefficient (Wildman–Crippen LogP) is 0.578. The third kappa shape index (κ3) is 74.0. The van der Waals surface area contributed by atoms with Crippen molar-refractivity contribution in [3.63, 3.8) is 0 Å². The van der Waals surface area contributed by atoms with Gasteiger partial charge in [0, 0.05) is 0 Å². The first kappa shape index (κ1) is 17.1. The summed E-state index contributed by atoms with van der Waals surface area (Å²) in [6.07, 6.45) is 1.91. The first-order chi connectivity index (χ1) is 5.18. The lowest BCUT2D eigenvalue weighted by molar-refractivity contribution is 0.183. The Balaban J connectivity index is -0.000000109. The van der Waals surface area contributed by atoms with Crippen LogP contribution in [-0.2, 0) is 0 Å². The van der Waals surface area contributed by atoms with E-state index in [0.29, 0.717) is 0 Å². The Morgan fingerprint density at radius 2 is 1.64 bits per heavy atom. The van der Waals surface area contributed by atoms with Gasteiger partial charge in [-0.3, -0.25) is 0 Å². The minimum Gasteiger partial charge on any atom is -0.393 e. The lowest BCUT2D eigenvalue weighted by atomic mass is 10.2. The maximum atomic E-state index is 8.55. The molecule has 0 aromatic heterocycles. The molecular weight excluding hydrogens is 140 g/mol. The molecule has 0 spiro atoms. The number of hydrogen-bond donors (Lipinski definition) is 3. The van der Waals surface area contributed by atoms with Crippen molar-refractivity contribution >= 4 is 0 Å². The third-order valence-corrected chi connectivity index (χ3v) is 0.706. The molecule has 3 heteroatoms. The zero-order chi connectivity index (χ0) is 9.70. The van der Waals surface area contributed by atoms with Crippen LogP contribution in [-0.4, -0.2) is 32.4 Å². The Morgan fingerprint density at radius 1 is 1.36 bits per heavy atom. The Kier molecular flexibility index (Phi) is 35.0. The van der Waals surface area contributed by atoms with Crippen molar-refractivity contribution in [2.75, 3.05) is 21.1 Å². The maximum Gasteiger partial charge on any atom is 0.0512 e. The number of rotatable bonds is 2. The van der Waals surface area contributed by atoms with Gasteiger partial charge in [0.25, 0.3) is 0 Å². The summed E-state index contributed by atoms with van der Waals surface area (Å²) in [6, 6.07) is 0. The van der Waals surface area contributed by atoms with E-state index in [0.717, 1.165) is 12.8 Å². The normalized spacial score (nSPS) is 10.1. The maximum absolute atomic E-state index is 8.55. The van der Waals surface area contributed by atoms with E-state index in [4.69, 9.17) is 5.11 Å². The fourth-order valence-corrected chi connectivity index (χ4v) is 0.418. The van der Waals surface area contributed by atoms with Gasteiger partial charge in [0.15, 0.2) is 0 Å². The summed E-state index contributed by atoms with van der Waals surface area (Å²) in [5.41, 5.74) is 4.50. The third-order valence-electron chi connectivity index (χ3n) is 0.706. The van der Waals surface area contributed by atoms with Crippen LogP contribution >= 0.6 is 0 Å². The molecule has 0 aliphatic carbocycles. The first-order valence-electron chi connectivity index (χ1n) is 4.03. The zero-order valence-corrected chi connectivity index (χ0v) is 8.52. The molecule has 0 saturated carbocycles. The van der Waals surface area contributed by atoms with Crippen molar-refractivity contribution in [3.8, 4) is 0 Å². The van der Waals surface area contributed by atoms with Gasteiger partial charge in [-0.15, -0.1) is 0 Å². The van der Waals surface area contributed by atoms with Crippen LogP contribution in [0.15, 0.2) is 0 Å². The molecule has 0 saturated heterocycles. The summed E-state index contributed by atoms with van der Waals surface area (Å²) in [7, 11) is 5.25. The van der Waals surface area contributed by atoms with E-state index in [-0.39, 0.29) is 6.10 Å². The van der Waals surface area contributed by atoms with Crippen LogP contribution in [0, 0.1) is 0 Å². The molecule has 0 amide bonds. The van der Waals surface area contributed by atoms with Crippen LogP contribution in [0.5, 0.6) is 0 Å². The smallest absolute Gasteiger partial charge is 0.0512 e. The highest BCUT2D eigenvalue weighted by Gasteiger charge is 1.87. The Labute approximate surface area is 71.0 Å². The van der Waals surface area contributed by atoms with Crippen molar-refractivity contribution in [3.05, 3.63) is 0 Å². The van der Waals surface area contributed by atoms with E-state index in [9.17, 15) is 0 Å². The van der Waals surface area contributed by atoms with E-state index >= 15 is 0 Å². The van der Waals surface area contributed by atoms with Gasteiger partial charge in [-0.1, -0.05) is 13.3 Å². The van der Waals surface area contributed by atoms with Gasteiger partial charge >= 0.3 is 0 Å². The summed E-state index contributed by atoms with van der Waals surface area (Å²) in [4.78, 5) is 0. The van der Waals surface area contributed by atoms with Crippen LogP contribution in [0.25, 0.3) is 0 Å². The number of nitrogens with one attached hydrogen (secondary N) is 1. The molecule has 72 valence electrons. The Hall–Kier alpha value is -0.120. The van der Waals surface area contributed by atoms with Gasteiger partial charge in [0.05, 0.1) is 6.10 Å². The molecule has 1 unspecified atom stereocenters. The summed E-state index contributed by atoms with van der Waals surface area (Å²) in [6.45, 7) is 3.87. The Bertz CT molecular complexity index is 41.1. The highest BCUT2D eigenvalue weighted by molar-refractivity contribution is 4.40. The molecule has 0 bridgehead atoms. The van der Waals surface area contributed by atoms with Crippen LogP contribution in [0.4, 0.5) is 0 Å². The second kappa shape index (κ2) is 22.5. The van der Waals surface area contributed by atoms with E-state index in [1.165, 1.54) is 7.05 Å².